The first-order valence-electron chi connectivity index (χ1n) is 10.6. The van der Waals surface area contributed by atoms with Crippen LogP contribution in [-0.4, -0.2) is 0 Å². The molecule has 130 valence electrons. The Morgan fingerprint density at radius 1 is 0.739 bits per heavy atom. The van der Waals surface area contributed by atoms with Crippen molar-refractivity contribution in [2.45, 2.75) is 91.4 Å². The van der Waals surface area contributed by atoms with Gasteiger partial charge >= 0.3 is 0 Å². The van der Waals surface area contributed by atoms with Gasteiger partial charge in [-0.15, -0.1) is 6.58 Å². The number of rotatable bonds is 1. The average molecular weight is 315 g/mol. The second kappa shape index (κ2) is 5.37. The zero-order valence-corrected chi connectivity index (χ0v) is 15.9. The van der Waals surface area contributed by atoms with E-state index in [0.29, 0.717) is 16.2 Å². The molecule has 7 atom stereocenters. The maximum absolute atomic E-state index is 4.29. The summed E-state index contributed by atoms with van der Waals surface area (Å²) in [5, 5.41) is 0. The standard InChI is InChI=1S/C23H38/c1-5-21(2)14-6-7-15-23(4)19(21)13-16-22(3)18-10-8-9-17(18)11-12-20(22)23/h5,17-20H,1,6-16H2,2-4H3/t17-,18?,19?,20?,21+,22-,23-/m0/s1. The largest absolute Gasteiger partial charge is 0.103 e. The maximum atomic E-state index is 4.29. The molecule has 4 fully saturated rings. The lowest BCUT2D eigenvalue weighted by Gasteiger charge is -2.64. The van der Waals surface area contributed by atoms with Crippen LogP contribution in [-0.2, 0) is 0 Å². The number of hydrogen-bond donors (Lipinski definition) is 0. The topological polar surface area (TPSA) is 0 Å². The summed E-state index contributed by atoms with van der Waals surface area (Å²) in [5.74, 6) is 3.99. The summed E-state index contributed by atoms with van der Waals surface area (Å²) in [4.78, 5) is 0. The summed E-state index contributed by atoms with van der Waals surface area (Å²) < 4.78 is 0. The zero-order valence-electron chi connectivity index (χ0n) is 15.9. The van der Waals surface area contributed by atoms with Gasteiger partial charge in [0.1, 0.15) is 0 Å². The molecule has 0 heteroatoms. The Morgan fingerprint density at radius 3 is 2.30 bits per heavy atom. The number of allylic oxidation sites excluding steroid dienone is 1. The van der Waals surface area contributed by atoms with Gasteiger partial charge in [-0.25, -0.2) is 0 Å². The first kappa shape index (κ1) is 16.2. The summed E-state index contributed by atoms with van der Waals surface area (Å²) in [5.41, 5.74) is 1.61. The lowest BCUT2D eigenvalue weighted by Crippen LogP contribution is -2.56. The molecule has 0 radical (unpaired) electrons. The summed E-state index contributed by atoms with van der Waals surface area (Å²) in [6, 6.07) is 0. The van der Waals surface area contributed by atoms with Crippen LogP contribution in [0.15, 0.2) is 12.7 Å². The van der Waals surface area contributed by atoms with Crippen molar-refractivity contribution < 1.29 is 0 Å². The highest BCUT2D eigenvalue weighted by atomic mass is 14.7. The minimum Gasteiger partial charge on any atom is -0.103 e. The highest BCUT2D eigenvalue weighted by Gasteiger charge is 2.61. The van der Waals surface area contributed by atoms with Crippen molar-refractivity contribution in [3.63, 3.8) is 0 Å². The Bertz CT molecular complexity index is 478. The van der Waals surface area contributed by atoms with E-state index in [1.165, 1.54) is 70.6 Å². The minimum absolute atomic E-state index is 0.388. The van der Waals surface area contributed by atoms with Crippen LogP contribution in [0.4, 0.5) is 0 Å². The third kappa shape index (κ3) is 2.15. The smallest absolute Gasteiger partial charge is 0.0116 e. The van der Waals surface area contributed by atoms with Crippen LogP contribution in [0.1, 0.15) is 91.4 Å². The van der Waals surface area contributed by atoms with Crippen molar-refractivity contribution in [1.29, 1.82) is 0 Å². The van der Waals surface area contributed by atoms with Crippen LogP contribution in [0.25, 0.3) is 0 Å². The van der Waals surface area contributed by atoms with E-state index in [1.807, 2.05) is 0 Å². The van der Waals surface area contributed by atoms with E-state index in [-0.39, 0.29) is 0 Å². The molecule has 3 unspecified atom stereocenters. The Labute approximate surface area is 144 Å². The van der Waals surface area contributed by atoms with E-state index in [1.54, 1.807) is 0 Å². The monoisotopic (exact) mass is 314 g/mol. The quantitative estimate of drug-likeness (QED) is 0.457. The third-order valence-electron chi connectivity index (χ3n) is 9.64. The van der Waals surface area contributed by atoms with E-state index in [9.17, 15) is 0 Å². The van der Waals surface area contributed by atoms with Gasteiger partial charge in [0.15, 0.2) is 0 Å². The molecule has 0 N–H and O–H groups in total. The fourth-order valence-electron chi connectivity index (χ4n) is 8.55. The average Bonchev–Trinajstić information content (AvgIpc) is 2.96. The molecule has 0 bridgehead atoms. The SMILES string of the molecule is C=C[C@]1(C)CCCC[C@]2(C)C3CC[C@@H]4CCCC4[C@]3(C)CCC21. The molecule has 0 amide bonds. The molecule has 0 saturated heterocycles. The highest BCUT2D eigenvalue weighted by molar-refractivity contribution is 5.13. The molecule has 4 saturated carbocycles. The van der Waals surface area contributed by atoms with E-state index in [2.05, 4.69) is 33.4 Å². The van der Waals surface area contributed by atoms with Crippen molar-refractivity contribution in [3.8, 4) is 0 Å². The molecule has 23 heavy (non-hydrogen) atoms. The van der Waals surface area contributed by atoms with Crippen LogP contribution in [0, 0.1) is 39.9 Å². The van der Waals surface area contributed by atoms with Crippen molar-refractivity contribution >= 4 is 0 Å². The fourth-order valence-corrected chi connectivity index (χ4v) is 8.55. The minimum atomic E-state index is 0.388. The zero-order chi connectivity index (χ0) is 16.3. The van der Waals surface area contributed by atoms with Gasteiger partial charge in [0.05, 0.1) is 0 Å². The Balaban J connectivity index is 1.74. The molecule has 0 aliphatic heterocycles. The van der Waals surface area contributed by atoms with Gasteiger partial charge in [0, 0.05) is 0 Å². The summed E-state index contributed by atoms with van der Waals surface area (Å²) in [7, 11) is 0. The van der Waals surface area contributed by atoms with Crippen molar-refractivity contribution in [2.24, 2.45) is 39.9 Å². The van der Waals surface area contributed by atoms with Gasteiger partial charge in [-0.3, -0.25) is 0 Å². The molecule has 0 aromatic carbocycles. The second-order valence-corrected chi connectivity index (χ2v) is 10.4. The maximum Gasteiger partial charge on any atom is -0.0116 e. The molecule has 0 aromatic rings. The highest BCUT2D eigenvalue weighted by Crippen LogP contribution is 2.70. The molecule has 0 heterocycles. The van der Waals surface area contributed by atoms with Gasteiger partial charge in [-0.1, -0.05) is 52.5 Å². The van der Waals surface area contributed by atoms with Gasteiger partial charge in [-0.2, -0.15) is 0 Å². The summed E-state index contributed by atoms with van der Waals surface area (Å²) >= 11 is 0. The molecular formula is C23H38. The van der Waals surface area contributed by atoms with E-state index >= 15 is 0 Å². The first-order valence-corrected chi connectivity index (χ1v) is 10.6. The predicted molar refractivity (Wildman–Crippen MR) is 99.3 cm³/mol. The van der Waals surface area contributed by atoms with Crippen LogP contribution in [0.3, 0.4) is 0 Å². The molecule has 0 nitrogen and oxygen atoms in total. The molecule has 0 spiro atoms. The normalized spacial score (nSPS) is 56.1. The van der Waals surface area contributed by atoms with Crippen LogP contribution in [0.5, 0.6) is 0 Å². The van der Waals surface area contributed by atoms with E-state index in [0.717, 1.165) is 23.7 Å². The van der Waals surface area contributed by atoms with Gasteiger partial charge < -0.3 is 0 Å². The molecule has 4 aliphatic rings. The summed E-state index contributed by atoms with van der Waals surface area (Å²) in [6.07, 6.45) is 18.7. The van der Waals surface area contributed by atoms with Crippen molar-refractivity contribution in [2.75, 3.05) is 0 Å². The summed E-state index contributed by atoms with van der Waals surface area (Å²) in [6.45, 7) is 12.3. The molecule has 4 rings (SSSR count). The second-order valence-electron chi connectivity index (χ2n) is 10.4. The lowest BCUT2D eigenvalue weighted by atomic mass is 9.41. The lowest BCUT2D eigenvalue weighted by molar-refractivity contribution is -0.145. The van der Waals surface area contributed by atoms with Crippen LogP contribution >= 0.6 is 0 Å². The first-order chi connectivity index (χ1) is 10.9. The number of fused-ring (bicyclic) bond motifs is 5. The fraction of sp³-hybridized carbons (Fsp3) is 0.913. The molecule has 0 aromatic heterocycles. The van der Waals surface area contributed by atoms with Crippen LogP contribution < -0.4 is 0 Å². The number of hydrogen-bond acceptors (Lipinski definition) is 0. The van der Waals surface area contributed by atoms with Crippen molar-refractivity contribution in [1.82, 2.24) is 0 Å². The Morgan fingerprint density at radius 2 is 1.52 bits per heavy atom. The van der Waals surface area contributed by atoms with Gasteiger partial charge in [0.25, 0.3) is 0 Å². The third-order valence-corrected chi connectivity index (χ3v) is 9.64. The van der Waals surface area contributed by atoms with E-state index in [4.69, 9.17) is 0 Å². The van der Waals surface area contributed by atoms with Gasteiger partial charge in [-0.05, 0) is 84.9 Å². The Kier molecular flexibility index (Phi) is 3.79. The van der Waals surface area contributed by atoms with Gasteiger partial charge in [0.2, 0.25) is 0 Å². The molecular weight excluding hydrogens is 276 g/mol. The van der Waals surface area contributed by atoms with Crippen molar-refractivity contribution in [3.05, 3.63) is 12.7 Å². The predicted octanol–water partition coefficient (Wildman–Crippen LogP) is 7.00. The molecule has 4 aliphatic carbocycles. The Hall–Kier alpha value is -0.260. The van der Waals surface area contributed by atoms with Crippen LogP contribution in [0.2, 0.25) is 0 Å². The van der Waals surface area contributed by atoms with E-state index < -0.39 is 0 Å².